The summed E-state index contributed by atoms with van der Waals surface area (Å²) in [5.41, 5.74) is 1.96. The highest BCUT2D eigenvalue weighted by atomic mass is 16.5. The molecule has 0 bridgehead atoms. The normalized spacial score (nSPS) is 10.1. The third-order valence-corrected chi connectivity index (χ3v) is 3.55. The molecule has 0 spiro atoms. The minimum atomic E-state index is -0.376. The van der Waals surface area contributed by atoms with Crippen LogP contribution in [0.2, 0.25) is 0 Å². The number of hydrogen-bond donors (Lipinski definition) is 2. The molecule has 0 fully saturated rings. The highest BCUT2D eigenvalue weighted by Gasteiger charge is 2.10. The molecule has 0 atom stereocenters. The lowest BCUT2D eigenvalue weighted by atomic mass is 10.1. The molecule has 2 rings (SSSR count). The molecule has 0 radical (unpaired) electrons. The van der Waals surface area contributed by atoms with Crippen molar-refractivity contribution in [3.8, 4) is 0 Å². The van der Waals surface area contributed by atoms with E-state index in [1.807, 2.05) is 6.92 Å². The van der Waals surface area contributed by atoms with Crippen LogP contribution in [-0.4, -0.2) is 24.4 Å². The van der Waals surface area contributed by atoms with Crippen molar-refractivity contribution in [3.05, 3.63) is 59.7 Å². The SMILES string of the molecule is CCCCOC(=O)c1ccc(NC(=O)c2cccc(NC(C)=O)c2)cc1. The molecule has 26 heavy (non-hydrogen) atoms. The Kier molecular flexibility index (Phi) is 6.91. The Morgan fingerprint density at radius 2 is 1.65 bits per heavy atom. The maximum atomic E-state index is 12.3. The number of rotatable bonds is 7. The maximum Gasteiger partial charge on any atom is 0.338 e. The van der Waals surface area contributed by atoms with Crippen LogP contribution in [-0.2, 0) is 9.53 Å². The van der Waals surface area contributed by atoms with E-state index in [1.165, 1.54) is 6.92 Å². The molecule has 136 valence electrons. The van der Waals surface area contributed by atoms with E-state index in [4.69, 9.17) is 4.74 Å². The number of unbranched alkanes of at least 4 members (excludes halogenated alkanes) is 1. The van der Waals surface area contributed by atoms with Gasteiger partial charge in [0.15, 0.2) is 0 Å². The van der Waals surface area contributed by atoms with Crippen LogP contribution in [0.25, 0.3) is 0 Å². The first-order valence-corrected chi connectivity index (χ1v) is 8.46. The van der Waals surface area contributed by atoms with Gasteiger partial charge in [-0.1, -0.05) is 19.4 Å². The summed E-state index contributed by atoms with van der Waals surface area (Å²) in [6.45, 7) is 3.83. The molecule has 0 aromatic heterocycles. The van der Waals surface area contributed by atoms with Gasteiger partial charge in [-0.3, -0.25) is 9.59 Å². The lowest BCUT2D eigenvalue weighted by Gasteiger charge is -2.08. The van der Waals surface area contributed by atoms with E-state index in [1.54, 1.807) is 48.5 Å². The van der Waals surface area contributed by atoms with Gasteiger partial charge in [0, 0.05) is 23.9 Å². The van der Waals surface area contributed by atoms with Crippen LogP contribution in [0, 0.1) is 0 Å². The van der Waals surface area contributed by atoms with Gasteiger partial charge in [-0.05, 0) is 48.9 Å². The van der Waals surface area contributed by atoms with Crippen molar-refractivity contribution in [2.45, 2.75) is 26.7 Å². The zero-order valence-electron chi connectivity index (χ0n) is 14.9. The highest BCUT2D eigenvalue weighted by molar-refractivity contribution is 6.05. The highest BCUT2D eigenvalue weighted by Crippen LogP contribution is 2.15. The Morgan fingerprint density at radius 3 is 2.31 bits per heavy atom. The third kappa shape index (κ3) is 5.73. The van der Waals surface area contributed by atoms with Gasteiger partial charge in [-0.15, -0.1) is 0 Å². The molecule has 0 aliphatic carbocycles. The standard InChI is InChI=1S/C20H22N2O4/c1-3-4-12-26-20(25)15-8-10-17(11-9-15)22-19(24)16-6-5-7-18(13-16)21-14(2)23/h5-11,13H,3-4,12H2,1-2H3,(H,21,23)(H,22,24). The number of anilines is 2. The van der Waals surface area contributed by atoms with Crippen molar-refractivity contribution in [1.82, 2.24) is 0 Å². The molecule has 2 aromatic carbocycles. The van der Waals surface area contributed by atoms with E-state index < -0.39 is 0 Å². The number of esters is 1. The van der Waals surface area contributed by atoms with Gasteiger partial charge in [0.1, 0.15) is 0 Å². The molecule has 2 amide bonds. The summed E-state index contributed by atoms with van der Waals surface area (Å²) >= 11 is 0. The van der Waals surface area contributed by atoms with Crippen molar-refractivity contribution < 1.29 is 19.1 Å². The summed E-state index contributed by atoms with van der Waals surface area (Å²) in [6.07, 6.45) is 1.79. The number of carbonyl (C=O) groups excluding carboxylic acids is 3. The molecular formula is C20H22N2O4. The van der Waals surface area contributed by atoms with Gasteiger partial charge < -0.3 is 15.4 Å². The lowest BCUT2D eigenvalue weighted by Crippen LogP contribution is -2.13. The predicted octanol–water partition coefficient (Wildman–Crippen LogP) is 3.85. The van der Waals surface area contributed by atoms with Crippen molar-refractivity contribution in [2.24, 2.45) is 0 Å². The van der Waals surface area contributed by atoms with Crippen LogP contribution in [0.4, 0.5) is 11.4 Å². The minimum absolute atomic E-state index is 0.205. The maximum absolute atomic E-state index is 12.3. The Bertz CT molecular complexity index is 785. The Labute approximate surface area is 152 Å². The number of hydrogen-bond acceptors (Lipinski definition) is 4. The monoisotopic (exact) mass is 354 g/mol. The topological polar surface area (TPSA) is 84.5 Å². The summed E-state index contributed by atoms with van der Waals surface area (Å²) < 4.78 is 5.14. The first-order chi connectivity index (χ1) is 12.5. The van der Waals surface area contributed by atoms with Crippen molar-refractivity contribution in [2.75, 3.05) is 17.2 Å². The number of nitrogens with one attached hydrogen (secondary N) is 2. The van der Waals surface area contributed by atoms with Gasteiger partial charge in [0.25, 0.3) is 5.91 Å². The van der Waals surface area contributed by atoms with Gasteiger partial charge in [-0.25, -0.2) is 4.79 Å². The molecular weight excluding hydrogens is 332 g/mol. The van der Waals surface area contributed by atoms with E-state index >= 15 is 0 Å². The fourth-order valence-electron chi connectivity index (χ4n) is 2.23. The van der Waals surface area contributed by atoms with Crippen molar-refractivity contribution in [1.29, 1.82) is 0 Å². The summed E-state index contributed by atoms with van der Waals surface area (Å²) in [5, 5.41) is 5.39. The van der Waals surface area contributed by atoms with E-state index in [2.05, 4.69) is 10.6 Å². The van der Waals surface area contributed by atoms with Crippen LogP contribution in [0.1, 0.15) is 47.4 Å². The van der Waals surface area contributed by atoms with Gasteiger partial charge in [0.05, 0.1) is 12.2 Å². The molecule has 6 heteroatoms. The molecule has 0 heterocycles. The average Bonchev–Trinajstić information content (AvgIpc) is 2.62. The minimum Gasteiger partial charge on any atom is -0.462 e. The smallest absolute Gasteiger partial charge is 0.338 e. The lowest BCUT2D eigenvalue weighted by molar-refractivity contribution is -0.114. The van der Waals surface area contributed by atoms with Crippen LogP contribution in [0.3, 0.4) is 0 Å². The van der Waals surface area contributed by atoms with Gasteiger partial charge in [-0.2, -0.15) is 0 Å². The summed E-state index contributed by atoms with van der Waals surface area (Å²) in [7, 11) is 0. The second kappa shape index (κ2) is 9.36. The van der Waals surface area contributed by atoms with Crippen LogP contribution < -0.4 is 10.6 Å². The van der Waals surface area contributed by atoms with E-state index in [0.29, 0.717) is 29.1 Å². The zero-order chi connectivity index (χ0) is 18.9. The third-order valence-electron chi connectivity index (χ3n) is 3.55. The molecule has 0 aliphatic rings. The molecule has 0 unspecified atom stereocenters. The molecule has 6 nitrogen and oxygen atoms in total. The second-order valence-electron chi connectivity index (χ2n) is 5.78. The number of benzene rings is 2. The van der Waals surface area contributed by atoms with E-state index in [0.717, 1.165) is 12.8 Å². The number of carbonyl (C=O) groups is 3. The fraction of sp³-hybridized carbons (Fsp3) is 0.250. The van der Waals surface area contributed by atoms with Crippen LogP contribution in [0.15, 0.2) is 48.5 Å². The Hall–Kier alpha value is -3.15. The van der Waals surface area contributed by atoms with Crippen molar-refractivity contribution >= 4 is 29.2 Å². The summed E-state index contributed by atoms with van der Waals surface area (Å²) in [5.74, 6) is -0.890. The number of ether oxygens (including phenoxy) is 1. The molecule has 2 aromatic rings. The van der Waals surface area contributed by atoms with E-state index in [-0.39, 0.29) is 17.8 Å². The second-order valence-corrected chi connectivity index (χ2v) is 5.78. The Balaban J connectivity index is 1.99. The molecule has 0 saturated heterocycles. The van der Waals surface area contributed by atoms with Gasteiger partial charge >= 0.3 is 5.97 Å². The molecule has 0 aliphatic heterocycles. The van der Waals surface area contributed by atoms with Gasteiger partial charge in [0.2, 0.25) is 5.91 Å². The first kappa shape index (κ1) is 19.2. The first-order valence-electron chi connectivity index (χ1n) is 8.46. The van der Waals surface area contributed by atoms with Crippen LogP contribution in [0.5, 0.6) is 0 Å². The Morgan fingerprint density at radius 1 is 0.923 bits per heavy atom. The summed E-state index contributed by atoms with van der Waals surface area (Å²) in [6, 6.07) is 13.1. The van der Waals surface area contributed by atoms with Crippen LogP contribution >= 0.6 is 0 Å². The summed E-state index contributed by atoms with van der Waals surface area (Å²) in [4.78, 5) is 35.3. The molecule has 0 saturated carbocycles. The quantitative estimate of drug-likeness (QED) is 0.584. The average molecular weight is 354 g/mol. The van der Waals surface area contributed by atoms with E-state index in [9.17, 15) is 14.4 Å². The predicted molar refractivity (Wildman–Crippen MR) is 100 cm³/mol. The number of amides is 2. The molecule has 2 N–H and O–H groups in total. The zero-order valence-corrected chi connectivity index (χ0v) is 14.9. The largest absolute Gasteiger partial charge is 0.462 e. The fourth-order valence-corrected chi connectivity index (χ4v) is 2.23. The van der Waals surface area contributed by atoms with Crippen molar-refractivity contribution in [3.63, 3.8) is 0 Å².